The fourth-order valence-electron chi connectivity index (χ4n) is 1.94. The molecule has 0 amide bonds. The van der Waals surface area contributed by atoms with Gasteiger partial charge in [0.2, 0.25) is 0 Å². The smallest absolute Gasteiger partial charge is 0.121 e. The van der Waals surface area contributed by atoms with E-state index >= 15 is 0 Å². The zero-order valence-corrected chi connectivity index (χ0v) is 9.28. The van der Waals surface area contributed by atoms with Gasteiger partial charge in [-0.1, -0.05) is 6.07 Å². The molecular weight excluding hydrogens is 200 g/mol. The van der Waals surface area contributed by atoms with Gasteiger partial charge >= 0.3 is 0 Å². The molecule has 1 saturated heterocycles. The molecule has 1 atom stereocenters. The van der Waals surface area contributed by atoms with E-state index in [4.69, 9.17) is 10.00 Å². The van der Waals surface area contributed by atoms with E-state index < -0.39 is 0 Å². The van der Waals surface area contributed by atoms with Crippen LogP contribution in [-0.4, -0.2) is 19.2 Å². The quantitative estimate of drug-likeness (QED) is 0.823. The minimum atomic E-state index is 0.281. The van der Waals surface area contributed by atoms with Crippen molar-refractivity contribution in [2.45, 2.75) is 25.4 Å². The number of hydrogen-bond acceptors (Lipinski definition) is 3. The summed E-state index contributed by atoms with van der Waals surface area (Å²) in [7, 11) is 0. The maximum Gasteiger partial charge on any atom is 0.121 e. The predicted molar refractivity (Wildman–Crippen MR) is 62.3 cm³/mol. The molecular formula is C13H16N2O. The summed E-state index contributed by atoms with van der Waals surface area (Å²) < 4.78 is 5.89. The maximum atomic E-state index is 8.80. The Bertz CT molecular complexity index is 376. The average Bonchev–Trinajstić information content (AvgIpc) is 2.58. The van der Waals surface area contributed by atoms with Gasteiger partial charge < -0.3 is 10.1 Å². The second-order valence-corrected chi connectivity index (χ2v) is 4.06. The molecule has 84 valence electrons. The van der Waals surface area contributed by atoms with Crippen molar-refractivity contribution in [3.05, 3.63) is 29.8 Å². The van der Waals surface area contributed by atoms with Gasteiger partial charge in [-0.2, -0.15) is 5.26 Å². The lowest BCUT2D eigenvalue weighted by molar-refractivity contribution is 0.187. The van der Waals surface area contributed by atoms with Crippen molar-refractivity contribution in [1.29, 1.82) is 5.26 Å². The minimum absolute atomic E-state index is 0.281. The molecule has 1 aliphatic rings. The van der Waals surface area contributed by atoms with Crippen LogP contribution in [0.15, 0.2) is 24.3 Å². The van der Waals surface area contributed by atoms with Gasteiger partial charge in [0.15, 0.2) is 0 Å². The Morgan fingerprint density at radius 2 is 2.25 bits per heavy atom. The summed E-state index contributed by atoms with van der Waals surface area (Å²) >= 11 is 0. The molecule has 1 aromatic carbocycles. The number of ether oxygens (including phenoxy) is 1. The number of nitriles is 1. The van der Waals surface area contributed by atoms with E-state index in [1.54, 1.807) is 12.1 Å². The fraction of sp³-hybridized carbons (Fsp3) is 0.462. The van der Waals surface area contributed by atoms with Gasteiger partial charge in [-0.15, -0.1) is 0 Å². The number of nitrogens with zero attached hydrogens (tertiary/aromatic N) is 1. The predicted octanol–water partition coefficient (Wildman–Crippen LogP) is 2.08. The third kappa shape index (κ3) is 2.98. The van der Waals surface area contributed by atoms with Gasteiger partial charge in [0, 0.05) is 0 Å². The van der Waals surface area contributed by atoms with Crippen molar-refractivity contribution < 1.29 is 4.74 Å². The van der Waals surface area contributed by atoms with Crippen LogP contribution in [0.4, 0.5) is 0 Å². The standard InChI is InChI=1S/C13H16N2O/c14-10-11-3-1-4-13(9-11)16-12-5-2-7-15-8-6-12/h1,3-4,9,12,15H,2,5-8H2. The zero-order chi connectivity index (χ0) is 11.2. The normalized spacial score (nSPS) is 20.8. The molecule has 1 heterocycles. The summed E-state index contributed by atoms with van der Waals surface area (Å²) in [4.78, 5) is 0. The van der Waals surface area contributed by atoms with E-state index in [2.05, 4.69) is 11.4 Å². The van der Waals surface area contributed by atoms with Crippen LogP contribution in [0.5, 0.6) is 5.75 Å². The van der Waals surface area contributed by atoms with E-state index in [1.807, 2.05) is 12.1 Å². The zero-order valence-electron chi connectivity index (χ0n) is 9.28. The Balaban J connectivity index is 1.99. The molecule has 0 spiro atoms. The van der Waals surface area contributed by atoms with Gasteiger partial charge in [-0.3, -0.25) is 0 Å². The van der Waals surface area contributed by atoms with Crippen molar-refractivity contribution in [2.24, 2.45) is 0 Å². The summed E-state index contributed by atoms with van der Waals surface area (Å²) in [6, 6.07) is 9.50. The highest BCUT2D eigenvalue weighted by Crippen LogP contribution is 2.18. The molecule has 2 rings (SSSR count). The van der Waals surface area contributed by atoms with Crippen LogP contribution in [0, 0.1) is 11.3 Å². The Hall–Kier alpha value is -1.53. The molecule has 16 heavy (non-hydrogen) atoms. The van der Waals surface area contributed by atoms with E-state index in [0.717, 1.165) is 38.1 Å². The second kappa shape index (κ2) is 5.53. The van der Waals surface area contributed by atoms with Crippen LogP contribution in [0.1, 0.15) is 24.8 Å². The summed E-state index contributed by atoms with van der Waals surface area (Å²) in [6.45, 7) is 2.10. The summed E-state index contributed by atoms with van der Waals surface area (Å²) in [5.74, 6) is 0.811. The average molecular weight is 216 g/mol. The van der Waals surface area contributed by atoms with Crippen LogP contribution in [0.25, 0.3) is 0 Å². The highest BCUT2D eigenvalue weighted by atomic mass is 16.5. The fourth-order valence-corrected chi connectivity index (χ4v) is 1.94. The van der Waals surface area contributed by atoms with Crippen molar-refractivity contribution in [3.8, 4) is 11.8 Å². The van der Waals surface area contributed by atoms with Crippen LogP contribution < -0.4 is 10.1 Å². The van der Waals surface area contributed by atoms with E-state index in [-0.39, 0.29) is 6.10 Å². The van der Waals surface area contributed by atoms with E-state index in [0.29, 0.717) is 5.56 Å². The maximum absolute atomic E-state index is 8.80. The number of nitrogens with one attached hydrogen (secondary N) is 1. The van der Waals surface area contributed by atoms with Crippen LogP contribution >= 0.6 is 0 Å². The van der Waals surface area contributed by atoms with Crippen molar-refractivity contribution >= 4 is 0 Å². The van der Waals surface area contributed by atoms with Crippen molar-refractivity contribution in [3.63, 3.8) is 0 Å². The molecule has 1 aromatic rings. The molecule has 3 nitrogen and oxygen atoms in total. The third-order valence-electron chi connectivity index (χ3n) is 2.79. The first kappa shape index (κ1) is 11.0. The highest BCUT2D eigenvalue weighted by molar-refractivity contribution is 5.36. The molecule has 0 radical (unpaired) electrons. The highest BCUT2D eigenvalue weighted by Gasteiger charge is 2.13. The Morgan fingerprint density at radius 1 is 1.31 bits per heavy atom. The molecule has 3 heteroatoms. The monoisotopic (exact) mass is 216 g/mol. The number of hydrogen-bond donors (Lipinski definition) is 1. The lowest BCUT2D eigenvalue weighted by Gasteiger charge is -2.16. The molecule has 0 aromatic heterocycles. The van der Waals surface area contributed by atoms with Crippen molar-refractivity contribution in [2.75, 3.05) is 13.1 Å². The van der Waals surface area contributed by atoms with Gasteiger partial charge in [-0.25, -0.2) is 0 Å². The Labute approximate surface area is 96.0 Å². The molecule has 0 saturated carbocycles. The first-order valence-corrected chi connectivity index (χ1v) is 5.76. The lowest BCUT2D eigenvalue weighted by atomic mass is 10.1. The third-order valence-corrected chi connectivity index (χ3v) is 2.79. The summed E-state index contributed by atoms with van der Waals surface area (Å²) in [5, 5.41) is 12.2. The van der Waals surface area contributed by atoms with Crippen LogP contribution in [-0.2, 0) is 0 Å². The number of benzene rings is 1. The molecule has 0 aliphatic carbocycles. The molecule has 1 unspecified atom stereocenters. The van der Waals surface area contributed by atoms with Gasteiger partial charge in [-0.05, 0) is 50.6 Å². The Morgan fingerprint density at radius 3 is 3.12 bits per heavy atom. The number of rotatable bonds is 2. The van der Waals surface area contributed by atoms with Crippen LogP contribution in [0.3, 0.4) is 0 Å². The van der Waals surface area contributed by atoms with Crippen LogP contribution in [0.2, 0.25) is 0 Å². The molecule has 1 N–H and O–H groups in total. The first-order valence-electron chi connectivity index (χ1n) is 5.76. The van der Waals surface area contributed by atoms with Gasteiger partial charge in [0.25, 0.3) is 0 Å². The van der Waals surface area contributed by atoms with E-state index in [1.165, 1.54) is 0 Å². The molecule has 1 fully saturated rings. The van der Waals surface area contributed by atoms with Gasteiger partial charge in [0.05, 0.1) is 17.7 Å². The Kier molecular flexibility index (Phi) is 3.79. The second-order valence-electron chi connectivity index (χ2n) is 4.06. The first-order chi connectivity index (χ1) is 7.88. The summed E-state index contributed by atoms with van der Waals surface area (Å²) in [5.41, 5.74) is 0.657. The summed E-state index contributed by atoms with van der Waals surface area (Å²) in [6.07, 6.45) is 3.56. The topological polar surface area (TPSA) is 45.0 Å². The van der Waals surface area contributed by atoms with E-state index in [9.17, 15) is 0 Å². The van der Waals surface area contributed by atoms with Crippen molar-refractivity contribution in [1.82, 2.24) is 5.32 Å². The minimum Gasteiger partial charge on any atom is -0.490 e. The molecule has 0 bridgehead atoms. The largest absolute Gasteiger partial charge is 0.490 e. The lowest BCUT2D eigenvalue weighted by Crippen LogP contribution is -2.19. The van der Waals surface area contributed by atoms with Gasteiger partial charge in [0.1, 0.15) is 5.75 Å². The molecule has 1 aliphatic heterocycles. The SMILES string of the molecule is N#Cc1cccc(OC2CCCNCC2)c1.